The Kier molecular flexibility index (Phi) is 7.24. The summed E-state index contributed by atoms with van der Waals surface area (Å²) in [5, 5.41) is 20.0. The fourth-order valence-corrected chi connectivity index (χ4v) is 5.59. The Morgan fingerprint density at radius 3 is 2.65 bits per heavy atom. The van der Waals surface area contributed by atoms with E-state index in [1.54, 1.807) is 17.4 Å². The summed E-state index contributed by atoms with van der Waals surface area (Å²) in [6, 6.07) is 14.1. The van der Waals surface area contributed by atoms with Gasteiger partial charge < -0.3 is 20.6 Å². The summed E-state index contributed by atoms with van der Waals surface area (Å²) in [6.07, 6.45) is 2.17. The van der Waals surface area contributed by atoms with Crippen LogP contribution in [0.2, 0.25) is 0 Å². The monoisotopic (exact) mass is 478 g/mol. The van der Waals surface area contributed by atoms with Crippen LogP contribution in [0, 0.1) is 6.92 Å². The predicted molar refractivity (Wildman–Crippen MR) is 141 cm³/mol. The largest absolute Gasteiger partial charge is 0.508 e. The van der Waals surface area contributed by atoms with Gasteiger partial charge in [-0.15, -0.1) is 11.3 Å². The predicted octanol–water partition coefficient (Wildman–Crippen LogP) is 5.53. The number of phenolic OH excluding ortho intramolecular Hbond substituents is 1. The third-order valence-corrected chi connectivity index (χ3v) is 7.90. The number of aromatic hydroxyl groups is 1. The molecule has 6 nitrogen and oxygen atoms in total. The first-order valence-electron chi connectivity index (χ1n) is 11.9. The number of Topliss-reactive ketones (excluding diaryl/α,β-unsaturated/α-hetero) is 1. The fourth-order valence-electron chi connectivity index (χ4n) is 4.67. The molecule has 0 bridgehead atoms. The van der Waals surface area contributed by atoms with Crippen molar-refractivity contribution in [2.75, 3.05) is 30.4 Å². The highest BCUT2D eigenvalue weighted by molar-refractivity contribution is 7.13. The van der Waals surface area contributed by atoms with Crippen molar-refractivity contribution in [2.24, 2.45) is 0 Å². The minimum atomic E-state index is -0.400. The number of likely N-dealkylation sites (N-methyl/N-ethyl adjacent to an activating group) is 1. The van der Waals surface area contributed by atoms with Crippen molar-refractivity contribution < 1.29 is 9.90 Å². The summed E-state index contributed by atoms with van der Waals surface area (Å²) in [5.74, 6) is 0.592. The second-order valence-corrected chi connectivity index (χ2v) is 9.92. The molecule has 1 unspecified atom stereocenters. The lowest BCUT2D eigenvalue weighted by atomic mass is 9.82. The Labute approximate surface area is 206 Å². The molecule has 180 valence electrons. The molecule has 1 aromatic heterocycles. The van der Waals surface area contributed by atoms with Crippen LogP contribution in [0.15, 0.2) is 47.8 Å². The van der Waals surface area contributed by atoms with Crippen LogP contribution in [-0.2, 0) is 4.79 Å². The van der Waals surface area contributed by atoms with E-state index in [2.05, 4.69) is 46.0 Å². The molecule has 0 amide bonds. The van der Waals surface area contributed by atoms with E-state index in [0.29, 0.717) is 18.0 Å². The Bertz CT molecular complexity index is 1150. The molecule has 4 rings (SSSR count). The number of benzene rings is 2. The number of rotatable bonds is 8. The highest BCUT2D eigenvalue weighted by Crippen LogP contribution is 2.35. The van der Waals surface area contributed by atoms with Gasteiger partial charge >= 0.3 is 0 Å². The first-order valence-corrected chi connectivity index (χ1v) is 12.8. The minimum absolute atomic E-state index is 0.0213. The number of hydrogen-bond acceptors (Lipinski definition) is 7. The van der Waals surface area contributed by atoms with E-state index >= 15 is 0 Å². The second kappa shape index (κ2) is 10.2. The molecular formula is C27H34N4O2S. The highest BCUT2D eigenvalue weighted by Gasteiger charge is 2.38. The summed E-state index contributed by atoms with van der Waals surface area (Å²) >= 11 is 1.58. The van der Waals surface area contributed by atoms with Gasteiger partial charge in [-0.3, -0.25) is 4.79 Å². The van der Waals surface area contributed by atoms with E-state index in [9.17, 15) is 9.90 Å². The number of anilines is 2. The maximum atomic E-state index is 12.6. The molecule has 3 aromatic rings. The normalized spacial score (nSPS) is 16.3. The van der Waals surface area contributed by atoms with Crippen molar-refractivity contribution in [3.63, 3.8) is 0 Å². The Hall–Kier alpha value is -2.90. The van der Waals surface area contributed by atoms with Gasteiger partial charge in [0.2, 0.25) is 0 Å². The van der Waals surface area contributed by atoms with Crippen LogP contribution >= 0.6 is 11.3 Å². The lowest BCUT2D eigenvalue weighted by Crippen LogP contribution is -2.57. The number of nitrogens with one attached hydrogen (secondary N) is 2. The number of phenols is 1. The highest BCUT2D eigenvalue weighted by atomic mass is 32.1. The molecular weight excluding hydrogens is 444 g/mol. The van der Waals surface area contributed by atoms with Crippen molar-refractivity contribution in [3.05, 3.63) is 59.1 Å². The maximum Gasteiger partial charge on any atom is 0.152 e. The van der Waals surface area contributed by atoms with Gasteiger partial charge in [-0.2, -0.15) is 0 Å². The molecule has 2 aromatic carbocycles. The van der Waals surface area contributed by atoms with E-state index in [4.69, 9.17) is 4.98 Å². The Morgan fingerprint density at radius 2 is 1.97 bits per heavy atom. The topological polar surface area (TPSA) is 77.5 Å². The summed E-state index contributed by atoms with van der Waals surface area (Å²) in [4.78, 5) is 19.8. The van der Waals surface area contributed by atoms with E-state index in [0.717, 1.165) is 59.1 Å². The zero-order valence-corrected chi connectivity index (χ0v) is 21.2. The lowest BCUT2D eigenvalue weighted by molar-refractivity contribution is -0.125. The van der Waals surface area contributed by atoms with Gasteiger partial charge in [0, 0.05) is 30.5 Å². The van der Waals surface area contributed by atoms with Crippen LogP contribution in [0.4, 0.5) is 11.4 Å². The summed E-state index contributed by atoms with van der Waals surface area (Å²) in [6.45, 7) is 7.61. The number of carbonyl (C=O) groups is 1. The number of ketones is 1. The molecule has 3 N–H and O–H groups in total. The molecule has 1 aliphatic rings. The van der Waals surface area contributed by atoms with Crippen molar-refractivity contribution >= 4 is 28.5 Å². The Morgan fingerprint density at radius 1 is 1.24 bits per heavy atom. The van der Waals surface area contributed by atoms with Crippen molar-refractivity contribution in [1.82, 2.24) is 10.3 Å². The van der Waals surface area contributed by atoms with E-state index < -0.39 is 5.54 Å². The van der Waals surface area contributed by atoms with Crippen molar-refractivity contribution in [2.45, 2.75) is 51.6 Å². The Balaban J connectivity index is 1.48. The fraction of sp³-hybridized carbons (Fsp3) is 0.407. The summed E-state index contributed by atoms with van der Waals surface area (Å²) < 4.78 is 0. The molecule has 1 atom stereocenters. The SMILES string of the molecule is CCC(=O)C1(NC)CCN(c2ccccc2NC(C)c2csc(-c3ccc(C)c(O)c3)n2)CC1. The van der Waals surface area contributed by atoms with Crippen LogP contribution in [0.5, 0.6) is 5.75 Å². The smallest absolute Gasteiger partial charge is 0.152 e. The van der Waals surface area contributed by atoms with Gasteiger partial charge in [-0.25, -0.2) is 4.98 Å². The molecule has 1 fully saturated rings. The first-order chi connectivity index (χ1) is 16.4. The third kappa shape index (κ3) is 4.81. The number of piperidine rings is 1. The van der Waals surface area contributed by atoms with E-state index in [-0.39, 0.29) is 6.04 Å². The number of nitrogens with zero attached hydrogens (tertiary/aromatic N) is 2. The zero-order valence-electron chi connectivity index (χ0n) is 20.4. The van der Waals surface area contributed by atoms with Crippen molar-refractivity contribution in [3.8, 4) is 16.3 Å². The number of carbonyl (C=O) groups excluding carboxylic acids is 1. The van der Waals surface area contributed by atoms with Gasteiger partial charge in [-0.05, 0) is 57.5 Å². The molecule has 0 spiro atoms. The summed E-state index contributed by atoms with van der Waals surface area (Å²) in [7, 11) is 1.90. The number of aromatic nitrogens is 1. The van der Waals surface area contributed by atoms with Crippen LogP contribution in [-0.4, -0.2) is 41.5 Å². The lowest BCUT2D eigenvalue weighted by Gasteiger charge is -2.42. The molecule has 34 heavy (non-hydrogen) atoms. The quantitative estimate of drug-likeness (QED) is 0.395. The van der Waals surface area contributed by atoms with Crippen LogP contribution in [0.3, 0.4) is 0 Å². The molecule has 1 saturated heterocycles. The number of thiazole rings is 1. The third-order valence-electron chi connectivity index (χ3n) is 6.99. The standard InChI is InChI=1S/C27H34N4O2S/c1-5-25(33)27(28-4)12-14-31(15-13-27)23-9-7-6-8-21(23)29-19(3)22-17-34-26(30-22)20-11-10-18(2)24(32)16-20/h6-11,16-17,19,28-29,32H,5,12-15H2,1-4H3. The van der Waals surface area contributed by atoms with Crippen LogP contribution in [0.1, 0.15) is 50.4 Å². The molecule has 2 heterocycles. The number of hydrogen-bond donors (Lipinski definition) is 3. The van der Waals surface area contributed by atoms with Crippen molar-refractivity contribution in [1.29, 1.82) is 0 Å². The number of aryl methyl sites for hydroxylation is 1. The average Bonchev–Trinajstić information content (AvgIpc) is 3.36. The number of para-hydroxylation sites is 2. The maximum absolute atomic E-state index is 12.6. The van der Waals surface area contributed by atoms with Gasteiger partial charge in [-0.1, -0.05) is 31.2 Å². The molecule has 1 aliphatic heterocycles. The van der Waals surface area contributed by atoms with Gasteiger partial charge in [0.25, 0.3) is 0 Å². The zero-order chi connectivity index (χ0) is 24.3. The minimum Gasteiger partial charge on any atom is -0.508 e. The van der Waals surface area contributed by atoms with Gasteiger partial charge in [0.15, 0.2) is 5.78 Å². The molecule has 0 aliphatic carbocycles. The van der Waals surface area contributed by atoms with Gasteiger partial charge in [0.05, 0.1) is 28.6 Å². The second-order valence-electron chi connectivity index (χ2n) is 9.06. The van der Waals surface area contributed by atoms with E-state index in [1.807, 2.05) is 39.1 Å². The first kappa shape index (κ1) is 24.2. The average molecular weight is 479 g/mol. The molecule has 0 radical (unpaired) electrons. The van der Waals surface area contributed by atoms with Gasteiger partial charge in [0.1, 0.15) is 10.8 Å². The van der Waals surface area contributed by atoms with E-state index in [1.165, 1.54) is 0 Å². The van der Waals surface area contributed by atoms with Crippen LogP contribution < -0.4 is 15.5 Å². The molecule has 0 saturated carbocycles. The van der Waals surface area contributed by atoms with Crippen LogP contribution in [0.25, 0.3) is 10.6 Å². The summed E-state index contributed by atoms with van der Waals surface area (Å²) in [5.41, 5.74) is 4.57. The molecule has 7 heteroatoms.